The molecule has 1 atom stereocenters. The van der Waals surface area contributed by atoms with E-state index in [1.807, 2.05) is 44.2 Å². The van der Waals surface area contributed by atoms with Crippen LogP contribution in [-0.4, -0.2) is 16.2 Å². The van der Waals surface area contributed by atoms with E-state index in [1.54, 1.807) is 24.3 Å². The zero-order valence-electron chi connectivity index (χ0n) is 14.4. The Hall–Kier alpha value is -2.86. The zero-order valence-corrected chi connectivity index (χ0v) is 15.2. The van der Waals surface area contributed by atoms with Crippen molar-refractivity contribution in [1.82, 2.24) is 15.5 Å². The first kappa shape index (κ1) is 17.9. The summed E-state index contributed by atoms with van der Waals surface area (Å²) in [7, 11) is 0. The number of hydrogen-bond donors (Lipinski definition) is 2. The summed E-state index contributed by atoms with van der Waals surface area (Å²) in [5.74, 6) is 0.923. The van der Waals surface area contributed by atoms with Gasteiger partial charge in [-0.05, 0) is 30.2 Å². The lowest BCUT2D eigenvalue weighted by Gasteiger charge is -2.18. The van der Waals surface area contributed by atoms with E-state index in [4.69, 9.17) is 16.1 Å². The van der Waals surface area contributed by atoms with E-state index in [9.17, 15) is 4.79 Å². The first-order chi connectivity index (χ1) is 12.5. The second kappa shape index (κ2) is 8.01. The van der Waals surface area contributed by atoms with Gasteiger partial charge in [-0.2, -0.15) is 4.98 Å². The molecule has 0 saturated carbocycles. The summed E-state index contributed by atoms with van der Waals surface area (Å²) in [6, 6.07) is 15.6. The van der Waals surface area contributed by atoms with Gasteiger partial charge in [0.05, 0.1) is 0 Å². The van der Waals surface area contributed by atoms with Gasteiger partial charge in [0.25, 0.3) is 0 Å². The molecule has 0 bridgehead atoms. The Morgan fingerprint density at radius 3 is 2.42 bits per heavy atom. The Labute approximate surface area is 156 Å². The van der Waals surface area contributed by atoms with E-state index in [-0.39, 0.29) is 11.9 Å². The fourth-order valence-corrected chi connectivity index (χ4v) is 2.55. The second-order valence-corrected chi connectivity index (χ2v) is 6.59. The molecular weight excluding hydrogens is 352 g/mol. The summed E-state index contributed by atoms with van der Waals surface area (Å²) in [6.07, 6.45) is 0. The van der Waals surface area contributed by atoms with Crippen LogP contribution in [0.5, 0.6) is 0 Å². The summed E-state index contributed by atoms with van der Waals surface area (Å²) in [5.41, 5.74) is 1.50. The quantitative estimate of drug-likeness (QED) is 0.668. The molecule has 0 saturated heterocycles. The summed E-state index contributed by atoms with van der Waals surface area (Å²) < 4.78 is 5.39. The summed E-state index contributed by atoms with van der Waals surface area (Å²) in [5, 5.41) is 10.3. The van der Waals surface area contributed by atoms with Crippen molar-refractivity contribution in [2.75, 3.05) is 5.32 Å². The summed E-state index contributed by atoms with van der Waals surface area (Å²) >= 11 is 5.85. The average Bonchev–Trinajstić information content (AvgIpc) is 3.12. The van der Waals surface area contributed by atoms with Gasteiger partial charge < -0.3 is 15.2 Å². The van der Waals surface area contributed by atoms with Gasteiger partial charge in [-0.25, -0.2) is 4.79 Å². The molecule has 3 rings (SSSR count). The molecule has 1 aromatic heterocycles. The highest BCUT2D eigenvalue weighted by Crippen LogP contribution is 2.23. The maximum absolute atomic E-state index is 12.3. The van der Waals surface area contributed by atoms with Crippen LogP contribution in [0.25, 0.3) is 11.4 Å². The van der Waals surface area contributed by atoms with Crippen molar-refractivity contribution in [3.63, 3.8) is 0 Å². The molecule has 0 aliphatic rings. The van der Waals surface area contributed by atoms with E-state index in [0.717, 1.165) is 5.56 Å². The highest BCUT2D eigenvalue weighted by atomic mass is 35.5. The number of nitrogens with zero attached hydrogens (tertiary/aromatic N) is 2. The number of hydrogen-bond acceptors (Lipinski definition) is 4. The zero-order chi connectivity index (χ0) is 18.5. The Morgan fingerprint density at radius 2 is 1.77 bits per heavy atom. The van der Waals surface area contributed by atoms with E-state index in [2.05, 4.69) is 20.8 Å². The highest BCUT2D eigenvalue weighted by Gasteiger charge is 2.25. The first-order valence-corrected chi connectivity index (χ1v) is 8.63. The fourth-order valence-electron chi connectivity index (χ4n) is 2.42. The summed E-state index contributed by atoms with van der Waals surface area (Å²) in [4.78, 5) is 16.8. The van der Waals surface area contributed by atoms with Crippen LogP contribution in [0.4, 0.5) is 10.5 Å². The standard InChI is InChI=1S/C19H19ClN4O2/c1-12(2)16(22-19(25)21-15-10-8-14(20)9-11-15)18-23-17(24-26-18)13-6-4-3-5-7-13/h3-12,16H,1-2H3,(H2,21,22,25). The summed E-state index contributed by atoms with van der Waals surface area (Å²) in [6.45, 7) is 3.94. The Morgan fingerprint density at radius 1 is 1.08 bits per heavy atom. The van der Waals surface area contributed by atoms with E-state index in [0.29, 0.717) is 22.4 Å². The fraction of sp³-hybridized carbons (Fsp3) is 0.211. The minimum absolute atomic E-state index is 0.0649. The highest BCUT2D eigenvalue weighted by molar-refractivity contribution is 6.30. The van der Waals surface area contributed by atoms with E-state index in [1.165, 1.54) is 0 Å². The van der Waals surface area contributed by atoms with Crippen LogP contribution in [0.15, 0.2) is 59.1 Å². The average molecular weight is 371 g/mol. The number of urea groups is 1. The third-order valence-electron chi connectivity index (χ3n) is 3.80. The minimum Gasteiger partial charge on any atom is -0.337 e. The van der Waals surface area contributed by atoms with Crippen LogP contribution < -0.4 is 10.6 Å². The molecular formula is C19H19ClN4O2. The maximum atomic E-state index is 12.3. The van der Waals surface area contributed by atoms with Gasteiger partial charge >= 0.3 is 6.03 Å². The number of benzene rings is 2. The minimum atomic E-state index is -0.410. The third kappa shape index (κ3) is 4.40. The predicted molar refractivity (Wildman–Crippen MR) is 101 cm³/mol. The molecule has 2 N–H and O–H groups in total. The molecule has 0 spiro atoms. The molecule has 2 aromatic carbocycles. The second-order valence-electron chi connectivity index (χ2n) is 6.15. The molecule has 0 radical (unpaired) electrons. The molecule has 0 aliphatic carbocycles. The number of rotatable bonds is 5. The molecule has 1 heterocycles. The number of carbonyl (C=O) groups excluding carboxylic acids is 1. The van der Waals surface area contributed by atoms with E-state index < -0.39 is 6.04 Å². The van der Waals surface area contributed by atoms with E-state index >= 15 is 0 Å². The normalized spacial score (nSPS) is 12.0. The van der Waals surface area contributed by atoms with Gasteiger partial charge in [-0.3, -0.25) is 0 Å². The molecule has 7 heteroatoms. The number of aromatic nitrogens is 2. The lowest BCUT2D eigenvalue weighted by Crippen LogP contribution is -2.35. The SMILES string of the molecule is CC(C)C(NC(=O)Nc1ccc(Cl)cc1)c1nc(-c2ccccc2)no1. The monoisotopic (exact) mass is 370 g/mol. The van der Waals surface area contributed by atoms with Crippen molar-refractivity contribution >= 4 is 23.3 Å². The van der Waals surface area contributed by atoms with Crippen molar-refractivity contribution in [3.05, 3.63) is 65.5 Å². The third-order valence-corrected chi connectivity index (χ3v) is 4.05. The van der Waals surface area contributed by atoms with Gasteiger partial charge in [0.2, 0.25) is 11.7 Å². The van der Waals surface area contributed by atoms with Crippen LogP contribution in [-0.2, 0) is 0 Å². The topological polar surface area (TPSA) is 80.0 Å². The number of nitrogens with one attached hydrogen (secondary N) is 2. The molecule has 2 amide bonds. The first-order valence-electron chi connectivity index (χ1n) is 8.25. The van der Waals surface area contributed by atoms with Crippen LogP contribution >= 0.6 is 11.6 Å². The molecule has 134 valence electrons. The van der Waals surface area contributed by atoms with Crippen molar-refractivity contribution < 1.29 is 9.32 Å². The number of anilines is 1. The molecule has 6 nitrogen and oxygen atoms in total. The largest absolute Gasteiger partial charge is 0.337 e. The van der Waals surface area contributed by atoms with Crippen molar-refractivity contribution in [3.8, 4) is 11.4 Å². The van der Waals surface area contributed by atoms with Crippen molar-refractivity contribution in [1.29, 1.82) is 0 Å². The molecule has 26 heavy (non-hydrogen) atoms. The van der Waals surface area contributed by atoms with Gasteiger partial charge in [0.15, 0.2) is 0 Å². The van der Waals surface area contributed by atoms with Gasteiger partial charge in [-0.15, -0.1) is 0 Å². The lowest BCUT2D eigenvalue weighted by molar-refractivity contribution is 0.236. The lowest BCUT2D eigenvalue weighted by atomic mass is 10.0. The number of halogens is 1. The van der Waals surface area contributed by atoms with Crippen molar-refractivity contribution in [2.45, 2.75) is 19.9 Å². The Kier molecular flexibility index (Phi) is 5.53. The van der Waals surface area contributed by atoms with Gasteiger partial charge in [0, 0.05) is 16.3 Å². The molecule has 3 aromatic rings. The smallest absolute Gasteiger partial charge is 0.319 e. The van der Waals surface area contributed by atoms with Crippen molar-refractivity contribution in [2.24, 2.45) is 5.92 Å². The van der Waals surface area contributed by atoms with Gasteiger partial charge in [-0.1, -0.05) is 60.9 Å². The Balaban J connectivity index is 1.72. The number of carbonyl (C=O) groups is 1. The molecule has 0 fully saturated rings. The predicted octanol–water partition coefficient (Wildman–Crippen LogP) is 4.91. The van der Waals surface area contributed by atoms with Gasteiger partial charge in [0.1, 0.15) is 6.04 Å². The van der Waals surface area contributed by atoms with Crippen LogP contribution in [0, 0.1) is 5.92 Å². The maximum Gasteiger partial charge on any atom is 0.319 e. The molecule has 1 unspecified atom stereocenters. The number of amides is 2. The van der Waals surface area contributed by atoms with Crippen LogP contribution in [0.3, 0.4) is 0 Å². The molecule has 0 aliphatic heterocycles. The van der Waals surface area contributed by atoms with Crippen LogP contribution in [0.1, 0.15) is 25.8 Å². The Bertz CT molecular complexity index is 863. The van der Waals surface area contributed by atoms with Crippen LogP contribution in [0.2, 0.25) is 5.02 Å².